The summed E-state index contributed by atoms with van der Waals surface area (Å²) in [5.41, 5.74) is 6.90. The molecule has 0 fully saturated rings. The minimum absolute atomic E-state index is 0.158. The summed E-state index contributed by atoms with van der Waals surface area (Å²) in [7, 11) is 1.81. The second-order valence-electron chi connectivity index (χ2n) is 3.81. The number of halogens is 1. The quantitative estimate of drug-likeness (QED) is 0.903. The van der Waals surface area contributed by atoms with E-state index in [1.54, 1.807) is 24.2 Å². The number of nitrogens with zero attached hydrogens (tertiary/aromatic N) is 2. The fourth-order valence-corrected chi connectivity index (χ4v) is 1.93. The number of carbonyl (C=O) groups is 1. The van der Waals surface area contributed by atoms with E-state index < -0.39 is 0 Å². The lowest BCUT2D eigenvalue weighted by Gasteiger charge is -2.19. The van der Waals surface area contributed by atoms with Gasteiger partial charge in [0.15, 0.2) is 0 Å². The van der Waals surface area contributed by atoms with Crippen LogP contribution in [0.4, 0.5) is 5.69 Å². The number of pyridine rings is 1. The molecule has 5 heteroatoms. The highest BCUT2D eigenvalue weighted by atomic mass is 35.5. The van der Waals surface area contributed by atoms with Crippen LogP contribution in [0.5, 0.6) is 0 Å². The smallest absolute Gasteiger partial charge is 0.236 e. The largest absolute Gasteiger partial charge is 0.368 e. The van der Waals surface area contributed by atoms with Gasteiger partial charge in [0.05, 0.1) is 12.1 Å². The van der Waals surface area contributed by atoms with E-state index in [1.807, 2.05) is 18.2 Å². The fourth-order valence-electron chi connectivity index (χ4n) is 1.76. The monoisotopic (exact) mass is 249 g/mol. The van der Waals surface area contributed by atoms with Crippen LogP contribution >= 0.6 is 11.6 Å². The zero-order chi connectivity index (χ0) is 12.4. The Hall–Kier alpha value is -1.81. The number of anilines is 1. The van der Waals surface area contributed by atoms with Crippen LogP contribution < -0.4 is 10.6 Å². The van der Waals surface area contributed by atoms with Crippen molar-refractivity contribution in [1.82, 2.24) is 4.98 Å². The topological polar surface area (TPSA) is 59.2 Å². The van der Waals surface area contributed by atoms with E-state index in [2.05, 4.69) is 4.98 Å². The molecule has 0 spiro atoms. The molecule has 0 saturated carbocycles. The number of likely N-dealkylation sites (N-methyl/N-ethyl adjacent to an activating group) is 1. The average molecular weight is 250 g/mol. The van der Waals surface area contributed by atoms with Crippen molar-refractivity contribution in [2.24, 2.45) is 5.73 Å². The maximum Gasteiger partial charge on any atom is 0.236 e. The first-order valence-electron chi connectivity index (χ1n) is 5.11. The third-order valence-corrected chi connectivity index (χ3v) is 2.72. The van der Waals surface area contributed by atoms with Crippen molar-refractivity contribution < 1.29 is 4.79 Å². The second-order valence-corrected chi connectivity index (χ2v) is 4.25. The molecule has 17 heavy (non-hydrogen) atoms. The van der Waals surface area contributed by atoms with Gasteiger partial charge in [0.2, 0.25) is 5.91 Å². The van der Waals surface area contributed by atoms with Gasteiger partial charge in [0.25, 0.3) is 0 Å². The first kappa shape index (κ1) is 11.7. The summed E-state index contributed by atoms with van der Waals surface area (Å²) in [6, 6.07) is 7.30. The summed E-state index contributed by atoms with van der Waals surface area (Å²) in [6.45, 7) is 0.158. The van der Waals surface area contributed by atoms with E-state index in [1.165, 1.54) is 0 Å². The molecule has 0 radical (unpaired) electrons. The van der Waals surface area contributed by atoms with Crippen LogP contribution in [0.3, 0.4) is 0 Å². The number of amides is 1. The normalized spacial score (nSPS) is 10.5. The Balaban J connectivity index is 2.52. The maximum absolute atomic E-state index is 10.9. The van der Waals surface area contributed by atoms with E-state index in [0.29, 0.717) is 5.02 Å². The van der Waals surface area contributed by atoms with Crippen molar-refractivity contribution in [3.63, 3.8) is 0 Å². The van der Waals surface area contributed by atoms with Crippen molar-refractivity contribution in [1.29, 1.82) is 0 Å². The molecule has 0 unspecified atom stereocenters. The molecule has 0 aliphatic rings. The average Bonchev–Trinajstić information content (AvgIpc) is 2.27. The number of carbonyl (C=O) groups excluding carboxylic acids is 1. The molecule has 1 heterocycles. The molecular formula is C12H12ClN3O. The van der Waals surface area contributed by atoms with Gasteiger partial charge in [-0.15, -0.1) is 0 Å². The van der Waals surface area contributed by atoms with Crippen molar-refractivity contribution in [3.05, 3.63) is 35.5 Å². The van der Waals surface area contributed by atoms with E-state index in [4.69, 9.17) is 17.3 Å². The van der Waals surface area contributed by atoms with Crippen LogP contribution in [0, 0.1) is 0 Å². The minimum atomic E-state index is -0.375. The van der Waals surface area contributed by atoms with Gasteiger partial charge in [-0.25, -0.2) is 0 Å². The fraction of sp³-hybridized carbons (Fsp3) is 0.167. The van der Waals surface area contributed by atoms with Gasteiger partial charge in [-0.1, -0.05) is 11.6 Å². The predicted molar refractivity (Wildman–Crippen MR) is 69.2 cm³/mol. The highest BCUT2D eigenvalue weighted by Gasteiger charge is 2.09. The lowest BCUT2D eigenvalue weighted by atomic mass is 10.1. The van der Waals surface area contributed by atoms with Crippen LogP contribution in [-0.4, -0.2) is 24.5 Å². The van der Waals surface area contributed by atoms with Crippen LogP contribution in [0.25, 0.3) is 10.9 Å². The molecule has 0 bridgehead atoms. The Kier molecular flexibility index (Phi) is 3.15. The van der Waals surface area contributed by atoms with Crippen LogP contribution in [0.1, 0.15) is 0 Å². The summed E-state index contributed by atoms with van der Waals surface area (Å²) in [6.07, 6.45) is 1.70. The van der Waals surface area contributed by atoms with Crippen LogP contribution in [-0.2, 0) is 4.79 Å². The Labute approximate surface area is 104 Å². The first-order valence-corrected chi connectivity index (χ1v) is 5.49. The number of hydrogen-bond donors (Lipinski definition) is 1. The summed E-state index contributed by atoms with van der Waals surface area (Å²) in [5, 5.41) is 1.54. The van der Waals surface area contributed by atoms with Gasteiger partial charge >= 0.3 is 0 Å². The van der Waals surface area contributed by atoms with Crippen LogP contribution in [0.2, 0.25) is 5.02 Å². The predicted octanol–water partition coefficient (Wildman–Crippen LogP) is 1.81. The number of rotatable bonds is 3. The van der Waals surface area contributed by atoms with E-state index in [-0.39, 0.29) is 12.5 Å². The van der Waals surface area contributed by atoms with Crippen LogP contribution in [0.15, 0.2) is 30.5 Å². The number of primary amides is 1. The molecule has 0 saturated heterocycles. The Morgan fingerprint density at radius 1 is 1.47 bits per heavy atom. The Morgan fingerprint density at radius 3 is 2.94 bits per heavy atom. The van der Waals surface area contributed by atoms with Crippen molar-refractivity contribution in [2.45, 2.75) is 0 Å². The highest BCUT2D eigenvalue weighted by Crippen LogP contribution is 2.26. The molecule has 88 valence electrons. The second kappa shape index (κ2) is 4.59. The van der Waals surface area contributed by atoms with Gasteiger partial charge in [-0.05, 0) is 24.3 Å². The summed E-state index contributed by atoms with van der Waals surface area (Å²) in [4.78, 5) is 16.9. The van der Waals surface area contributed by atoms with Gasteiger partial charge in [0.1, 0.15) is 0 Å². The van der Waals surface area contributed by atoms with Crippen molar-refractivity contribution in [3.8, 4) is 0 Å². The molecular weight excluding hydrogens is 238 g/mol. The molecule has 1 aromatic carbocycles. The molecule has 1 aromatic heterocycles. The summed E-state index contributed by atoms with van der Waals surface area (Å²) >= 11 is 5.96. The zero-order valence-corrected chi connectivity index (χ0v) is 10.1. The number of fused-ring (bicyclic) bond motifs is 1. The highest BCUT2D eigenvalue weighted by molar-refractivity contribution is 6.31. The minimum Gasteiger partial charge on any atom is -0.368 e. The molecule has 0 aliphatic carbocycles. The lowest BCUT2D eigenvalue weighted by molar-refractivity contribution is -0.116. The molecule has 2 rings (SSSR count). The lowest BCUT2D eigenvalue weighted by Crippen LogP contribution is -2.30. The molecule has 1 amide bonds. The van der Waals surface area contributed by atoms with Gasteiger partial charge in [-0.3, -0.25) is 9.78 Å². The molecule has 2 N–H and O–H groups in total. The first-order chi connectivity index (χ1) is 8.08. The van der Waals surface area contributed by atoms with Gasteiger partial charge in [0, 0.05) is 29.3 Å². The third-order valence-electron chi connectivity index (χ3n) is 2.48. The maximum atomic E-state index is 10.9. The van der Waals surface area contributed by atoms with Crippen molar-refractivity contribution in [2.75, 3.05) is 18.5 Å². The third kappa shape index (κ3) is 2.47. The number of nitrogens with two attached hydrogens (primary N) is 1. The molecule has 0 atom stereocenters. The van der Waals surface area contributed by atoms with Gasteiger partial charge in [-0.2, -0.15) is 0 Å². The number of hydrogen-bond acceptors (Lipinski definition) is 3. The number of aromatic nitrogens is 1. The van der Waals surface area contributed by atoms with E-state index >= 15 is 0 Å². The Morgan fingerprint density at radius 2 is 2.24 bits per heavy atom. The molecule has 2 aromatic rings. The van der Waals surface area contributed by atoms with Crippen molar-refractivity contribution >= 4 is 34.1 Å². The SMILES string of the molecule is CN(CC(N)=O)c1ccnc2ccc(Cl)cc12. The summed E-state index contributed by atoms with van der Waals surface area (Å²) in [5.74, 6) is -0.375. The van der Waals surface area contributed by atoms with E-state index in [0.717, 1.165) is 16.6 Å². The van der Waals surface area contributed by atoms with E-state index in [9.17, 15) is 4.79 Å². The standard InChI is InChI=1S/C12H12ClN3O/c1-16(7-12(14)17)11-4-5-15-10-3-2-8(13)6-9(10)11/h2-6H,7H2,1H3,(H2,14,17). The Bertz CT molecular complexity index is 571. The molecule has 0 aliphatic heterocycles. The molecule has 4 nitrogen and oxygen atoms in total. The zero-order valence-electron chi connectivity index (χ0n) is 9.35. The number of benzene rings is 1. The summed E-state index contributed by atoms with van der Waals surface area (Å²) < 4.78 is 0. The van der Waals surface area contributed by atoms with Gasteiger partial charge < -0.3 is 10.6 Å².